The highest BCUT2D eigenvalue weighted by Crippen LogP contribution is 2.36. The number of thiophene rings is 1. The van der Waals surface area contributed by atoms with Crippen molar-refractivity contribution < 1.29 is 14.3 Å². The van der Waals surface area contributed by atoms with Gasteiger partial charge in [-0.3, -0.25) is 4.79 Å². The first-order valence-corrected chi connectivity index (χ1v) is 10.3. The molecule has 0 radical (unpaired) electrons. The van der Waals surface area contributed by atoms with Crippen molar-refractivity contribution in [1.29, 1.82) is 0 Å². The van der Waals surface area contributed by atoms with Gasteiger partial charge in [0.15, 0.2) is 11.5 Å². The summed E-state index contributed by atoms with van der Waals surface area (Å²) in [4.78, 5) is 18.9. The standard InChI is InChI=1S/C21H21N3O3S/c1-11-2-4-15-13(6-11)8-14-18(22)19(28-21(14)24-15)20(25)23-9-12-3-5-16-17(7-12)27-10-26-16/h3,5,7-8,11H,2,4,6,9-10,22H2,1H3,(H,23,25). The van der Waals surface area contributed by atoms with E-state index < -0.39 is 0 Å². The van der Waals surface area contributed by atoms with Gasteiger partial charge < -0.3 is 20.5 Å². The number of nitrogens with one attached hydrogen (secondary N) is 1. The average Bonchev–Trinajstić information content (AvgIpc) is 3.28. The minimum absolute atomic E-state index is 0.176. The second-order valence-electron chi connectivity index (χ2n) is 7.51. The lowest BCUT2D eigenvalue weighted by Gasteiger charge is -2.20. The minimum atomic E-state index is -0.176. The summed E-state index contributed by atoms with van der Waals surface area (Å²) >= 11 is 1.37. The molecule has 6 nitrogen and oxygen atoms in total. The molecule has 0 spiro atoms. The molecule has 3 N–H and O–H groups in total. The van der Waals surface area contributed by atoms with Gasteiger partial charge in [-0.1, -0.05) is 13.0 Å². The Morgan fingerprint density at radius 2 is 2.18 bits per heavy atom. The number of hydrogen-bond acceptors (Lipinski definition) is 6. The summed E-state index contributed by atoms with van der Waals surface area (Å²) in [6, 6.07) is 7.79. The van der Waals surface area contributed by atoms with Crippen molar-refractivity contribution >= 4 is 33.1 Å². The molecular formula is C21H21N3O3S. The van der Waals surface area contributed by atoms with E-state index in [1.807, 2.05) is 18.2 Å². The van der Waals surface area contributed by atoms with E-state index in [4.69, 9.17) is 20.2 Å². The molecule has 1 amide bonds. The number of benzene rings is 1. The van der Waals surface area contributed by atoms with Crippen LogP contribution in [0.15, 0.2) is 24.3 Å². The van der Waals surface area contributed by atoms with Crippen LogP contribution in [0.5, 0.6) is 11.5 Å². The topological polar surface area (TPSA) is 86.5 Å². The van der Waals surface area contributed by atoms with Gasteiger partial charge in [-0.15, -0.1) is 11.3 Å². The number of nitrogens with two attached hydrogens (primary N) is 1. The van der Waals surface area contributed by atoms with Gasteiger partial charge in [0.25, 0.3) is 5.91 Å². The Kier molecular flexibility index (Phi) is 4.12. The van der Waals surface area contributed by atoms with Crippen molar-refractivity contribution in [2.75, 3.05) is 12.5 Å². The van der Waals surface area contributed by atoms with Gasteiger partial charge in [0.1, 0.15) is 9.71 Å². The average molecular weight is 395 g/mol. The Morgan fingerprint density at radius 1 is 1.32 bits per heavy atom. The summed E-state index contributed by atoms with van der Waals surface area (Å²) in [5.41, 5.74) is 10.2. The molecular weight excluding hydrogens is 374 g/mol. The zero-order chi connectivity index (χ0) is 19.3. The van der Waals surface area contributed by atoms with Crippen LogP contribution in [0, 0.1) is 5.92 Å². The molecule has 5 rings (SSSR count). The maximum atomic E-state index is 12.8. The smallest absolute Gasteiger partial charge is 0.263 e. The first-order valence-electron chi connectivity index (χ1n) is 9.46. The van der Waals surface area contributed by atoms with E-state index in [-0.39, 0.29) is 12.7 Å². The van der Waals surface area contributed by atoms with E-state index in [1.165, 1.54) is 16.9 Å². The van der Waals surface area contributed by atoms with E-state index in [0.29, 0.717) is 28.8 Å². The molecule has 3 heterocycles. The van der Waals surface area contributed by atoms with Crippen LogP contribution in [0.2, 0.25) is 0 Å². The van der Waals surface area contributed by atoms with Crippen molar-refractivity contribution in [3.05, 3.63) is 46.0 Å². The van der Waals surface area contributed by atoms with Crippen LogP contribution in [-0.4, -0.2) is 17.7 Å². The summed E-state index contributed by atoms with van der Waals surface area (Å²) in [6.07, 6.45) is 3.18. The van der Waals surface area contributed by atoms with Crippen molar-refractivity contribution in [2.45, 2.75) is 32.7 Å². The fraction of sp³-hybridized carbons (Fsp3) is 0.333. The highest BCUT2D eigenvalue weighted by Gasteiger charge is 2.22. The number of rotatable bonds is 3. The molecule has 1 aromatic carbocycles. The van der Waals surface area contributed by atoms with Gasteiger partial charge in [0, 0.05) is 17.6 Å². The number of hydrogen-bond donors (Lipinski definition) is 2. The highest BCUT2D eigenvalue weighted by molar-refractivity contribution is 7.21. The lowest BCUT2D eigenvalue weighted by Crippen LogP contribution is -2.22. The monoisotopic (exact) mass is 395 g/mol. The van der Waals surface area contributed by atoms with Crippen molar-refractivity contribution in [3.8, 4) is 11.5 Å². The number of pyridine rings is 1. The number of ether oxygens (including phenoxy) is 2. The van der Waals surface area contributed by atoms with E-state index in [2.05, 4.69) is 18.3 Å². The van der Waals surface area contributed by atoms with Crippen molar-refractivity contribution in [3.63, 3.8) is 0 Å². The fourth-order valence-corrected chi connectivity index (χ4v) is 4.87. The maximum Gasteiger partial charge on any atom is 0.263 e. The van der Waals surface area contributed by atoms with Gasteiger partial charge in [0.2, 0.25) is 6.79 Å². The number of amides is 1. The Hall–Kier alpha value is -2.80. The van der Waals surface area contributed by atoms with Crippen LogP contribution in [-0.2, 0) is 19.4 Å². The van der Waals surface area contributed by atoms with Gasteiger partial charge in [-0.25, -0.2) is 4.98 Å². The number of aryl methyl sites for hydroxylation is 1. The molecule has 144 valence electrons. The highest BCUT2D eigenvalue weighted by atomic mass is 32.1. The maximum absolute atomic E-state index is 12.8. The first kappa shape index (κ1) is 17.3. The molecule has 28 heavy (non-hydrogen) atoms. The summed E-state index contributed by atoms with van der Waals surface area (Å²) in [5, 5.41) is 3.85. The first-order chi connectivity index (χ1) is 13.6. The molecule has 2 aromatic heterocycles. The second kappa shape index (κ2) is 6.67. The third-order valence-electron chi connectivity index (χ3n) is 5.43. The molecule has 1 unspecified atom stereocenters. The van der Waals surface area contributed by atoms with Gasteiger partial charge in [-0.05, 0) is 54.5 Å². The quantitative estimate of drug-likeness (QED) is 0.707. The SMILES string of the molecule is CC1CCc2nc3sc(C(=O)NCc4ccc5c(c4)OCO5)c(N)c3cc2C1. The minimum Gasteiger partial charge on any atom is -0.454 e. The van der Waals surface area contributed by atoms with Crippen molar-refractivity contribution in [2.24, 2.45) is 5.92 Å². The Bertz CT molecular complexity index is 1090. The number of fused-ring (bicyclic) bond motifs is 3. The number of nitrogen functional groups attached to an aromatic ring is 1. The molecule has 2 aliphatic rings. The van der Waals surface area contributed by atoms with Crippen molar-refractivity contribution in [1.82, 2.24) is 10.3 Å². The van der Waals surface area contributed by atoms with Crippen LogP contribution in [0.3, 0.4) is 0 Å². The molecule has 0 bridgehead atoms. The molecule has 0 fully saturated rings. The predicted octanol–water partition coefficient (Wildman–Crippen LogP) is 3.66. The predicted molar refractivity (Wildman–Crippen MR) is 109 cm³/mol. The Labute approximate surface area is 166 Å². The van der Waals surface area contributed by atoms with Crippen LogP contribution in [0.4, 0.5) is 5.69 Å². The summed E-state index contributed by atoms with van der Waals surface area (Å²) in [5.74, 6) is 1.92. The number of nitrogens with zero attached hydrogens (tertiary/aromatic N) is 1. The lowest BCUT2D eigenvalue weighted by molar-refractivity contribution is 0.0955. The summed E-state index contributed by atoms with van der Waals surface area (Å²) < 4.78 is 10.7. The zero-order valence-electron chi connectivity index (χ0n) is 15.6. The molecule has 1 aliphatic heterocycles. The van der Waals surface area contributed by atoms with Gasteiger partial charge in [-0.2, -0.15) is 0 Å². The fourth-order valence-electron chi connectivity index (χ4n) is 3.85. The zero-order valence-corrected chi connectivity index (χ0v) is 16.4. The Balaban J connectivity index is 1.38. The van der Waals surface area contributed by atoms with Gasteiger partial charge >= 0.3 is 0 Å². The lowest BCUT2D eigenvalue weighted by atomic mass is 9.87. The Morgan fingerprint density at radius 3 is 3.07 bits per heavy atom. The van der Waals surface area contributed by atoms with Crippen LogP contribution >= 0.6 is 11.3 Å². The third-order valence-corrected chi connectivity index (χ3v) is 6.54. The summed E-state index contributed by atoms with van der Waals surface area (Å²) in [7, 11) is 0. The van der Waals surface area contributed by atoms with Crippen LogP contribution < -0.4 is 20.5 Å². The molecule has 3 aromatic rings. The normalized spacial score (nSPS) is 17.5. The van der Waals surface area contributed by atoms with E-state index in [1.54, 1.807) is 0 Å². The molecule has 0 saturated heterocycles. The molecule has 1 atom stereocenters. The largest absolute Gasteiger partial charge is 0.454 e. The van der Waals surface area contributed by atoms with Crippen LogP contribution in [0.1, 0.15) is 39.8 Å². The number of anilines is 1. The van der Waals surface area contributed by atoms with E-state index in [0.717, 1.165) is 46.5 Å². The van der Waals surface area contributed by atoms with Crippen LogP contribution in [0.25, 0.3) is 10.2 Å². The van der Waals surface area contributed by atoms with E-state index >= 15 is 0 Å². The molecule has 7 heteroatoms. The molecule has 1 aliphatic carbocycles. The molecule has 0 saturated carbocycles. The van der Waals surface area contributed by atoms with Gasteiger partial charge in [0.05, 0.1) is 5.69 Å². The van der Waals surface area contributed by atoms with E-state index in [9.17, 15) is 4.79 Å². The summed E-state index contributed by atoms with van der Waals surface area (Å²) in [6.45, 7) is 2.89. The second-order valence-corrected chi connectivity index (χ2v) is 8.51. The number of aromatic nitrogens is 1. The number of carbonyl (C=O) groups is 1. The number of carbonyl (C=O) groups excluding carboxylic acids is 1. The third kappa shape index (κ3) is 2.96.